The predicted molar refractivity (Wildman–Crippen MR) is 155 cm³/mol. The molecule has 1 aliphatic heterocycles. The highest BCUT2D eigenvalue weighted by atomic mass is 16.5. The molecular weight excluding hydrogens is 524 g/mol. The van der Waals surface area contributed by atoms with Crippen LogP contribution >= 0.6 is 0 Å². The zero-order valence-electron chi connectivity index (χ0n) is 23.1. The Morgan fingerprint density at radius 1 is 0.951 bits per heavy atom. The van der Waals surface area contributed by atoms with Gasteiger partial charge in [-0.15, -0.1) is 0 Å². The molecule has 1 saturated heterocycles. The van der Waals surface area contributed by atoms with Gasteiger partial charge in [0.1, 0.15) is 23.7 Å². The molecule has 0 saturated carbocycles. The van der Waals surface area contributed by atoms with Crippen molar-refractivity contribution in [2.75, 3.05) is 42.7 Å². The number of morpholine rings is 1. The number of anilines is 3. The number of rotatable bonds is 6. The van der Waals surface area contributed by atoms with Crippen molar-refractivity contribution < 1.29 is 19.1 Å². The van der Waals surface area contributed by atoms with Crippen LogP contribution < -0.4 is 21.1 Å². The van der Waals surface area contributed by atoms with Crippen LogP contribution in [0.25, 0.3) is 5.69 Å². The Hall–Kier alpha value is -4.97. The van der Waals surface area contributed by atoms with Crippen LogP contribution in [0.15, 0.2) is 67.0 Å². The third-order valence-corrected chi connectivity index (χ3v) is 6.37. The standard InChI is InChI=1S/C29H32N8O4/c1-29(2,3)23-16-25(37(35-23)21-8-4-19(5-9-21)27(38)36-12-14-40-15-13-36)34-28(39)33-20-6-10-22(11-7-20)41-26-17-24(30)31-18-32-26/h4-11,16-18H,12-15H2,1-3H3,(H2,30,31,32)(H2,33,34,39). The summed E-state index contributed by atoms with van der Waals surface area (Å²) >= 11 is 0. The topological polar surface area (TPSA) is 150 Å². The van der Waals surface area contributed by atoms with Crippen molar-refractivity contribution in [3.63, 3.8) is 0 Å². The Kier molecular flexibility index (Phi) is 7.83. The molecule has 2 aromatic carbocycles. The van der Waals surface area contributed by atoms with Crippen LogP contribution in [0.1, 0.15) is 36.8 Å². The molecule has 0 unspecified atom stereocenters. The Labute approximate surface area is 237 Å². The summed E-state index contributed by atoms with van der Waals surface area (Å²) in [4.78, 5) is 35.5. The van der Waals surface area contributed by atoms with Gasteiger partial charge in [0, 0.05) is 41.9 Å². The fraction of sp³-hybridized carbons (Fsp3) is 0.276. The first-order chi connectivity index (χ1) is 19.7. The Balaban J connectivity index is 1.29. The minimum Gasteiger partial charge on any atom is -0.439 e. The molecule has 4 N–H and O–H groups in total. The Bertz CT molecular complexity index is 1520. The van der Waals surface area contributed by atoms with E-state index in [0.717, 1.165) is 5.69 Å². The summed E-state index contributed by atoms with van der Waals surface area (Å²) in [6.45, 7) is 8.38. The average molecular weight is 557 g/mol. The van der Waals surface area contributed by atoms with Gasteiger partial charge in [0.15, 0.2) is 0 Å². The highest BCUT2D eigenvalue weighted by Gasteiger charge is 2.23. The summed E-state index contributed by atoms with van der Waals surface area (Å²) in [7, 11) is 0. The number of hydrogen-bond acceptors (Lipinski definition) is 8. The van der Waals surface area contributed by atoms with Gasteiger partial charge in [-0.3, -0.25) is 10.1 Å². The van der Waals surface area contributed by atoms with Crippen LogP contribution in [0.3, 0.4) is 0 Å². The number of benzene rings is 2. The molecule has 0 radical (unpaired) electrons. The van der Waals surface area contributed by atoms with E-state index in [4.69, 9.17) is 20.3 Å². The van der Waals surface area contributed by atoms with E-state index < -0.39 is 6.03 Å². The molecule has 0 spiro atoms. The number of urea groups is 1. The Morgan fingerprint density at radius 2 is 1.66 bits per heavy atom. The van der Waals surface area contributed by atoms with Gasteiger partial charge in [-0.05, 0) is 48.5 Å². The van der Waals surface area contributed by atoms with Gasteiger partial charge >= 0.3 is 6.03 Å². The van der Waals surface area contributed by atoms with Crippen LogP contribution in [0.5, 0.6) is 11.6 Å². The number of carbonyl (C=O) groups is 2. The lowest BCUT2D eigenvalue weighted by Crippen LogP contribution is -2.40. The van der Waals surface area contributed by atoms with E-state index in [1.807, 2.05) is 39.0 Å². The van der Waals surface area contributed by atoms with Crippen LogP contribution in [-0.4, -0.2) is 62.9 Å². The fourth-order valence-corrected chi connectivity index (χ4v) is 4.14. The van der Waals surface area contributed by atoms with Crippen molar-refractivity contribution in [3.05, 3.63) is 78.2 Å². The first kappa shape index (κ1) is 27.6. The van der Waals surface area contributed by atoms with Gasteiger partial charge < -0.3 is 25.4 Å². The number of nitrogen functional groups attached to an aromatic ring is 1. The fourth-order valence-electron chi connectivity index (χ4n) is 4.14. The minimum atomic E-state index is -0.442. The van der Waals surface area contributed by atoms with Gasteiger partial charge in [-0.1, -0.05) is 20.8 Å². The molecule has 5 rings (SSSR count). The van der Waals surface area contributed by atoms with Crippen molar-refractivity contribution in [1.82, 2.24) is 24.6 Å². The van der Waals surface area contributed by atoms with E-state index in [1.54, 1.807) is 46.0 Å². The second-order valence-corrected chi connectivity index (χ2v) is 10.5. The number of nitrogens with zero attached hydrogens (tertiary/aromatic N) is 5. The number of hydrogen-bond donors (Lipinski definition) is 3. The van der Waals surface area contributed by atoms with Gasteiger partial charge in [-0.2, -0.15) is 5.10 Å². The second kappa shape index (κ2) is 11.6. The third-order valence-electron chi connectivity index (χ3n) is 6.37. The second-order valence-electron chi connectivity index (χ2n) is 10.5. The number of ether oxygens (including phenoxy) is 2. The molecular formula is C29H32N8O4. The van der Waals surface area contributed by atoms with Crippen LogP contribution in [0.2, 0.25) is 0 Å². The van der Waals surface area contributed by atoms with Crippen molar-refractivity contribution in [3.8, 4) is 17.3 Å². The lowest BCUT2D eigenvalue weighted by Gasteiger charge is -2.26. The van der Waals surface area contributed by atoms with Crippen molar-refractivity contribution in [1.29, 1.82) is 0 Å². The quantitative estimate of drug-likeness (QED) is 0.315. The number of nitrogens with one attached hydrogen (secondary N) is 2. The van der Waals surface area contributed by atoms with Gasteiger partial charge in [-0.25, -0.2) is 19.4 Å². The number of nitrogens with two attached hydrogens (primary N) is 1. The minimum absolute atomic E-state index is 0.0361. The van der Waals surface area contributed by atoms with E-state index in [-0.39, 0.29) is 11.3 Å². The first-order valence-electron chi connectivity index (χ1n) is 13.2. The highest BCUT2D eigenvalue weighted by molar-refractivity contribution is 5.99. The number of aromatic nitrogens is 4. The van der Waals surface area contributed by atoms with E-state index >= 15 is 0 Å². The van der Waals surface area contributed by atoms with E-state index in [9.17, 15) is 9.59 Å². The van der Waals surface area contributed by atoms with Crippen molar-refractivity contribution in [2.24, 2.45) is 0 Å². The lowest BCUT2D eigenvalue weighted by atomic mass is 9.92. The van der Waals surface area contributed by atoms with Gasteiger partial charge in [0.2, 0.25) is 5.88 Å². The van der Waals surface area contributed by atoms with Crippen molar-refractivity contribution in [2.45, 2.75) is 26.2 Å². The van der Waals surface area contributed by atoms with Gasteiger partial charge in [0.25, 0.3) is 5.91 Å². The zero-order chi connectivity index (χ0) is 29.0. The Morgan fingerprint density at radius 3 is 2.32 bits per heavy atom. The number of amides is 3. The molecule has 3 amide bonds. The molecule has 4 aromatic rings. The summed E-state index contributed by atoms with van der Waals surface area (Å²) in [6, 6.07) is 16.9. The number of carbonyl (C=O) groups excluding carboxylic acids is 2. The van der Waals surface area contributed by atoms with Crippen LogP contribution in [0.4, 0.5) is 22.1 Å². The molecule has 1 fully saturated rings. The molecule has 41 heavy (non-hydrogen) atoms. The molecule has 212 valence electrons. The molecule has 3 heterocycles. The lowest BCUT2D eigenvalue weighted by molar-refractivity contribution is 0.0303. The summed E-state index contributed by atoms with van der Waals surface area (Å²) in [5.74, 6) is 1.60. The zero-order valence-corrected chi connectivity index (χ0v) is 23.1. The van der Waals surface area contributed by atoms with Crippen LogP contribution in [0, 0.1) is 0 Å². The molecule has 1 aliphatic rings. The predicted octanol–water partition coefficient (Wildman–Crippen LogP) is 4.45. The first-order valence-corrected chi connectivity index (χ1v) is 13.2. The molecule has 12 nitrogen and oxygen atoms in total. The van der Waals surface area contributed by atoms with Crippen molar-refractivity contribution >= 4 is 29.3 Å². The highest BCUT2D eigenvalue weighted by Crippen LogP contribution is 2.27. The molecule has 0 aliphatic carbocycles. The monoisotopic (exact) mass is 556 g/mol. The summed E-state index contributed by atoms with van der Waals surface area (Å²) < 4.78 is 12.7. The van der Waals surface area contributed by atoms with E-state index in [2.05, 4.69) is 20.6 Å². The largest absolute Gasteiger partial charge is 0.439 e. The molecule has 2 aromatic heterocycles. The summed E-state index contributed by atoms with van der Waals surface area (Å²) in [6.07, 6.45) is 1.32. The van der Waals surface area contributed by atoms with Crippen LogP contribution in [-0.2, 0) is 10.2 Å². The maximum Gasteiger partial charge on any atom is 0.324 e. The summed E-state index contributed by atoms with van der Waals surface area (Å²) in [5, 5.41) is 10.5. The maximum atomic E-state index is 13.0. The van der Waals surface area contributed by atoms with E-state index in [0.29, 0.717) is 66.5 Å². The molecule has 12 heteroatoms. The third kappa shape index (κ3) is 6.79. The average Bonchev–Trinajstić information content (AvgIpc) is 3.38. The molecule has 0 bridgehead atoms. The smallest absolute Gasteiger partial charge is 0.324 e. The molecule has 0 atom stereocenters. The van der Waals surface area contributed by atoms with Gasteiger partial charge in [0.05, 0.1) is 24.6 Å². The SMILES string of the molecule is CC(C)(C)c1cc(NC(=O)Nc2ccc(Oc3cc(N)ncn3)cc2)n(-c2ccc(C(=O)N3CCOCC3)cc2)n1. The summed E-state index contributed by atoms with van der Waals surface area (Å²) in [5.41, 5.74) is 8.06. The van der Waals surface area contributed by atoms with E-state index in [1.165, 1.54) is 12.4 Å². The maximum absolute atomic E-state index is 13.0. The normalized spacial score (nSPS) is 13.5.